The molecule has 0 aliphatic carbocycles. The molecule has 12 aromatic rings. The second kappa shape index (κ2) is 12.7. The Balaban J connectivity index is 1.17. The van der Waals surface area contributed by atoms with Crippen molar-refractivity contribution in [2.24, 2.45) is 0 Å². The molecule has 0 bridgehead atoms. The molecule has 57 heavy (non-hydrogen) atoms. The van der Waals surface area contributed by atoms with Crippen LogP contribution in [0.2, 0.25) is 0 Å². The summed E-state index contributed by atoms with van der Waals surface area (Å²) in [6.07, 6.45) is 0. The van der Waals surface area contributed by atoms with E-state index in [0.29, 0.717) is 11.3 Å². The van der Waals surface area contributed by atoms with Crippen molar-refractivity contribution in [2.75, 3.05) is 0 Å². The summed E-state index contributed by atoms with van der Waals surface area (Å²) in [5.41, 5.74) is 8.94. The molecule has 3 heteroatoms. The lowest BCUT2D eigenvalue weighted by atomic mass is 9.97. The van der Waals surface area contributed by atoms with Gasteiger partial charge >= 0.3 is 0 Å². The van der Waals surface area contributed by atoms with Gasteiger partial charge in [-0.25, -0.2) is 0 Å². The van der Waals surface area contributed by atoms with Crippen molar-refractivity contribution in [3.8, 4) is 44.8 Å². The van der Waals surface area contributed by atoms with Crippen LogP contribution in [-0.2, 0) is 0 Å². The zero-order valence-electron chi connectivity index (χ0n) is 37.4. The van der Waals surface area contributed by atoms with Crippen molar-refractivity contribution in [1.82, 2.24) is 9.13 Å². The number of benzene rings is 9. The predicted octanol–water partition coefficient (Wildman–Crippen LogP) is 15.2. The van der Waals surface area contributed by atoms with E-state index < -0.39 is 12.1 Å². The average molecular weight is 750 g/mol. The first kappa shape index (κ1) is 25.8. The van der Waals surface area contributed by atoms with E-state index in [1.807, 2.05) is 91.0 Å². The molecule has 0 amide bonds. The van der Waals surface area contributed by atoms with Gasteiger partial charge in [0.2, 0.25) is 0 Å². The van der Waals surface area contributed by atoms with Gasteiger partial charge in [0.05, 0.1) is 42.0 Å². The maximum Gasteiger partial charge on any atom is 0.0645 e. The van der Waals surface area contributed by atoms with Crippen LogP contribution in [0.25, 0.3) is 109 Å². The van der Waals surface area contributed by atoms with E-state index in [9.17, 15) is 6.85 Å². The summed E-state index contributed by atoms with van der Waals surface area (Å²) in [6, 6.07) is 53.4. The van der Waals surface area contributed by atoms with Gasteiger partial charge in [-0.3, -0.25) is 0 Å². The van der Waals surface area contributed by atoms with Crippen molar-refractivity contribution in [2.45, 2.75) is 0 Å². The Labute approximate surface area is 343 Å². The van der Waals surface area contributed by atoms with Gasteiger partial charge in [0.15, 0.2) is 0 Å². The molecule has 3 aromatic heterocycles. The van der Waals surface area contributed by atoms with Crippen molar-refractivity contribution >= 4 is 75.1 Å². The van der Waals surface area contributed by atoms with Gasteiger partial charge in [0.1, 0.15) is 0 Å². The Morgan fingerprint density at radius 3 is 2.02 bits per heavy atom. The van der Waals surface area contributed by atoms with Crippen LogP contribution in [0.1, 0.15) is 9.60 Å². The summed E-state index contributed by atoms with van der Waals surface area (Å²) in [7, 11) is 0. The van der Waals surface area contributed by atoms with Gasteiger partial charge in [0, 0.05) is 42.7 Å². The summed E-state index contributed by atoms with van der Waals surface area (Å²) < 4.78 is 71.6. The lowest BCUT2D eigenvalue weighted by molar-refractivity contribution is 1.18. The van der Waals surface area contributed by atoms with Crippen molar-refractivity contribution in [3.63, 3.8) is 0 Å². The number of fused-ring (bicyclic) bond motifs is 9. The molecule has 0 atom stereocenters. The summed E-state index contributed by atoms with van der Waals surface area (Å²) in [5.74, 6) is 0. The summed E-state index contributed by atoms with van der Waals surface area (Å²) >= 11 is 1.57. The minimum Gasteiger partial charge on any atom is -0.309 e. The highest BCUT2D eigenvalue weighted by Gasteiger charge is 2.20. The van der Waals surface area contributed by atoms with Gasteiger partial charge in [0.25, 0.3) is 0 Å². The highest BCUT2D eigenvalue weighted by atomic mass is 32.1. The summed E-state index contributed by atoms with van der Waals surface area (Å²) in [4.78, 5) is 0. The Hall–Kier alpha value is -7.20. The molecule has 0 saturated heterocycles. The average Bonchev–Trinajstić information content (AvgIpc) is 4.01. The Kier molecular flexibility index (Phi) is 5.74. The highest BCUT2D eigenvalue weighted by Crippen LogP contribution is 2.44. The first-order valence-electron chi connectivity index (χ1n) is 22.4. The second-order valence-electron chi connectivity index (χ2n) is 14.3. The van der Waals surface area contributed by atoms with Crippen LogP contribution in [0.5, 0.6) is 0 Å². The topological polar surface area (TPSA) is 9.86 Å². The predicted molar refractivity (Wildman–Crippen MR) is 244 cm³/mol. The molecular weight excluding hydrogens is 709 g/mol. The molecule has 0 fully saturated rings. The van der Waals surface area contributed by atoms with Gasteiger partial charge < -0.3 is 9.13 Å². The number of nitrogens with zero attached hydrogens (tertiary/aromatic N) is 2. The summed E-state index contributed by atoms with van der Waals surface area (Å²) in [6.45, 7) is 0. The number of aromatic nitrogens is 2. The van der Waals surface area contributed by atoms with Crippen LogP contribution in [-0.4, -0.2) is 9.13 Å². The monoisotopic (exact) mass is 749 g/mol. The standard InChI is InChI=1S/C54H34N2S/c1-3-14-35(15-4-1)37-18-11-19-40(32-37)55-49-31-29-39(34-46(49)53-41(22-12-25-50(53)55)36-16-5-2-6-17-36)38-28-30-48-45(33-38)42-20-7-9-24-47(42)56(48)51-26-13-23-44-43-21-8-10-27-52(43)57-54(44)51/h1-34H/i7D,9D,20D,24D,28D,30D,33D. The number of hydrogen-bond acceptors (Lipinski definition) is 1. The van der Waals surface area contributed by atoms with E-state index in [1.54, 1.807) is 15.9 Å². The maximum atomic E-state index is 10.0. The molecule has 0 aliphatic heterocycles. The second-order valence-corrected chi connectivity index (χ2v) is 15.4. The number of para-hydroxylation sites is 1. The molecule has 0 saturated carbocycles. The van der Waals surface area contributed by atoms with E-state index in [2.05, 4.69) is 77.4 Å². The third-order valence-corrected chi connectivity index (χ3v) is 12.4. The Morgan fingerprint density at radius 2 is 1.12 bits per heavy atom. The molecular formula is C54H34N2S. The van der Waals surface area contributed by atoms with E-state index in [4.69, 9.17) is 2.74 Å². The van der Waals surface area contributed by atoms with Crippen LogP contribution in [0.4, 0.5) is 0 Å². The SMILES string of the molecule is [2H]c1c([2H])c([2H])c2c(c1[2H])c1c([2H])c(-c3ccc4c(c3)c3c(-c5ccccc5)cccc3n4-c3cccc(-c4ccccc4)c3)c([2H])c([2H])c1n2-c1cccc2c1sc1ccccc12. The molecule has 3 heterocycles. The van der Waals surface area contributed by atoms with Crippen LogP contribution >= 0.6 is 11.3 Å². The molecule has 12 rings (SSSR count). The molecule has 0 radical (unpaired) electrons. The fraction of sp³-hybridized carbons (Fsp3) is 0. The zero-order chi connectivity index (χ0) is 43.5. The number of hydrogen-bond donors (Lipinski definition) is 0. The van der Waals surface area contributed by atoms with Crippen LogP contribution in [0.3, 0.4) is 0 Å². The normalized spacial score (nSPS) is 13.6. The van der Waals surface area contributed by atoms with E-state index in [0.717, 1.165) is 69.9 Å². The van der Waals surface area contributed by atoms with Gasteiger partial charge in [-0.1, -0.05) is 145 Å². The first-order chi connectivity index (χ1) is 31.2. The summed E-state index contributed by atoms with van der Waals surface area (Å²) in [5, 5.41) is 4.30. The van der Waals surface area contributed by atoms with Crippen LogP contribution in [0, 0.1) is 0 Å². The fourth-order valence-electron chi connectivity index (χ4n) is 8.63. The third-order valence-electron chi connectivity index (χ3n) is 11.2. The number of thiophene rings is 1. The van der Waals surface area contributed by atoms with Crippen molar-refractivity contribution < 1.29 is 9.60 Å². The molecule has 2 nitrogen and oxygen atoms in total. The van der Waals surface area contributed by atoms with Crippen molar-refractivity contribution in [1.29, 1.82) is 0 Å². The van der Waals surface area contributed by atoms with Gasteiger partial charge in [-0.2, -0.15) is 0 Å². The molecule has 0 N–H and O–H groups in total. The minimum absolute atomic E-state index is 0.0739. The van der Waals surface area contributed by atoms with E-state index in [-0.39, 0.29) is 57.6 Å². The maximum absolute atomic E-state index is 10.0. The Morgan fingerprint density at radius 1 is 0.404 bits per heavy atom. The van der Waals surface area contributed by atoms with E-state index >= 15 is 0 Å². The molecule has 0 spiro atoms. The minimum atomic E-state index is -0.418. The lowest BCUT2D eigenvalue weighted by Crippen LogP contribution is -1.94. The molecule has 9 aromatic carbocycles. The van der Waals surface area contributed by atoms with Crippen LogP contribution in [0.15, 0.2) is 206 Å². The number of rotatable bonds is 5. The Bertz CT molecular complexity index is 3930. The quantitative estimate of drug-likeness (QED) is 0.166. The molecule has 0 unspecified atom stereocenters. The molecule has 0 aliphatic rings. The third kappa shape index (κ3) is 4.96. The van der Waals surface area contributed by atoms with Gasteiger partial charge in [-0.15, -0.1) is 11.3 Å². The van der Waals surface area contributed by atoms with Crippen LogP contribution < -0.4 is 0 Å². The lowest BCUT2D eigenvalue weighted by Gasteiger charge is -2.11. The first-order valence-corrected chi connectivity index (χ1v) is 19.8. The molecule has 266 valence electrons. The largest absolute Gasteiger partial charge is 0.309 e. The zero-order valence-corrected chi connectivity index (χ0v) is 31.2. The van der Waals surface area contributed by atoms with Gasteiger partial charge in [-0.05, 0) is 94.0 Å². The van der Waals surface area contributed by atoms with E-state index in [1.165, 1.54) is 0 Å². The fourth-order valence-corrected chi connectivity index (χ4v) is 9.83. The smallest absolute Gasteiger partial charge is 0.0645 e. The highest BCUT2D eigenvalue weighted by molar-refractivity contribution is 7.26. The van der Waals surface area contributed by atoms with Crippen molar-refractivity contribution in [3.05, 3.63) is 206 Å².